The highest BCUT2D eigenvalue weighted by Crippen LogP contribution is 2.24. The molecule has 0 bridgehead atoms. The highest BCUT2D eigenvalue weighted by molar-refractivity contribution is 5.86. The van der Waals surface area contributed by atoms with E-state index in [1.54, 1.807) is 4.90 Å². The molecule has 114 valence electrons. The van der Waals surface area contributed by atoms with Gasteiger partial charge in [0.1, 0.15) is 11.6 Å². The van der Waals surface area contributed by atoms with E-state index in [1.807, 2.05) is 20.8 Å². The van der Waals surface area contributed by atoms with E-state index in [-0.39, 0.29) is 5.91 Å². The lowest BCUT2D eigenvalue weighted by Crippen LogP contribution is -2.48. The third kappa shape index (κ3) is 3.42. The summed E-state index contributed by atoms with van der Waals surface area (Å²) in [7, 11) is 0. The van der Waals surface area contributed by atoms with Crippen LogP contribution in [0, 0.1) is 0 Å². The molecule has 2 fully saturated rings. The number of hydrogen-bond donors (Lipinski definition) is 1. The minimum absolute atomic E-state index is 0.0649. The Morgan fingerprint density at radius 1 is 1.20 bits per heavy atom. The highest BCUT2D eigenvalue weighted by atomic mass is 16.6. The Morgan fingerprint density at radius 2 is 1.90 bits per heavy atom. The van der Waals surface area contributed by atoms with Gasteiger partial charge in [-0.3, -0.25) is 9.69 Å². The number of hydrogen-bond acceptors (Lipinski definition) is 4. The van der Waals surface area contributed by atoms with Gasteiger partial charge < -0.3 is 14.7 Å². The van der Waals surface area contributed by atoms with Gasteiger partial charge >= 0.3 is 6.09 Å². The number of likely N-dealkylation sites (tertiary alicyclic amines) is 2. The fraction of sp³-hybridized carbons (Fsp3) is 0.857. The summed E-state index contributed by atoms with van der Waals surface area (Å²) >= 11 is 0. The van der Waals surface area contributed by atoms with Crippen LogP contribution in [-0.4, -0.2) is 64.3 Å². The molecular weight excluding hydrogens is 260 g/mol. The summed E-state index contributed by atoms with van der Waals surface area (Å²) in [5.74, 6) is -0.0649. The van der Waals surface area contributed by atoms with Crippen LogP contribution in [0.15, 0.2) is 0 Å². The van der Waals surface area contributed by atoms with Crippen LogP contribution < -0.4 is 0 Å². The molecule has 6 heteroatoms. The average molecular weight is 284 g/mol. The number of ether oxygens (including phenoxy) is 1. The SMILES string of the molecule is CC(C)(C)OC(=O)N1CCC[C@H]1C(=O)N1CC[C@@H](O)C1. The molecule has 2 heterocycles. The summed E-state index contributed by atoms with van der Waals surface area (Å²) in [4.78, 5) is 27.8. The maximum Gasteiger partial charge on any atom is 0.410 e. The highest BCUT2D eigenvalue weighted by Gasteiger charge is 2.40. The smallest absolute Gasteiger partial charge is 0.410 e. The average Bonchev–Trinajstić information content (AvgIpc) is 2.93. The fourth-order valence-corrected chi connectivity index (χ4v) is 2.72. The number of carbonyl (C=O) groups is 2. The van der Waals surface area contributed by atoms with Crippen molar-refractivity contribution in [1.82, 2.24) is 9.80 Å². The Kier molecular flexibility index (Phi) is 4.22. The van der Waals surface area contributed by atoms with Crippen molar-refractivity contribution in [3.05, 3.63) is 0 Å². The van der Waals surface area contributed by atoms with E-state index in [0.717, 1.165) is 6.42 Å². The van der Waals surface area contributed by atoms with Crippen LogP contribution in [0.5, 0.6) is 0 Å². The molecule has 2 saturated heterocycles. The number of β-amino-alcohol motifs (C(OH)–C–C–N with tert-alkyl or cyclic N) is 1. The minimum atomic E-state index is -0.558. The number of nitrogens with zero attached hydrogens (tertiary/aromatic N) is 2. The van der Waals surface area contributed by atoms with Gasteiger partial charge in [0.05, 0.1) is 6.10 Å². The van der Waals surface area contributed by atoms with Crippen molar-refractivity contribution in [2.24, 2.45) is 0 Å². The van der Waals surface area contributed by atoms with E-state index in [4.69, 9.17) is 4.74 Å². The molecule has 20 heavy (non-hydrogen) atoms. The number of rotatable bonds is 1. The van der Waals surface area contributed by atoms with Crippen LogP contribution in [0.25, 0.3) is 0 Å². The molecule has 2 rings (SSSR count). The van der Waals surface area contributed by atoms with Gasteiger partial charge in [-0.15, -0.1) is 0 Å². The predicted molar refractivity (Wildman–Crippen MR) is 73.2 cm³/mol. The van der Waals surface area contributed by atoms with E-state index in [1.165, 1.54) is 4.90 Å². The second-order valence-corrected chi connectivity index (χ2v) is 6.56. The van der Waals surface area contributed by atoms with Crippen molar-refractivity contribution in [3.63, 3.8) is 0 Å². The van der Waals surface area contributed by atoms with Gasteiger partial charge in [0, 0.05) is 19.6 Å². The van der Waals surface area contributed by atoms with E-state index in [2.05, 4.69) is 0 Å². The summed E-state index contributed by atoms with van der Waals surface area (Å²) in [5.41, 5.74) is -0.558. The first-order valence-corrected chi connectivity index (χ1v) is 7.24. The molecule has 2 aliphatic heterocycles. The van der Waals surface area contributed by atoms with Crippen LogP contribution in [0.2, 0.25) is 0 Å². The molecule has 6 nitrogen and oxygen atoms in total. The summed E-state index contributed by atoms with van der Waals surface area (Å²) in [6.07, 6.45) is 1.24. The van der Waals surface area contributed by atoms with Gasteiger partial charge in [-0.05, 0) is 40.0 Å². The molecule has 2 atom stereocenters. The molecule has 1 N–H and O–H groups in total. The van der Waals surface area contributed by atoms with Crippen molar-refractivity contribution >= 4 is 12.0 Å². The zero-order valence-electron chi connectivity index (χ0n) is 12.5. The quantitative estimate of drug-likeness (QED) is 0.779. The van der Waals surface area contributed by atoms with Crippen LogP contribution in [0.4, 0.5) is 4.79 Å². The molecule has 0 saturated carbocycles. The van der Waals surface area contributed by atoms with Crippen LogP contribution in [0.1, 0.15) is 40.0 Å². The number of carbonyl (C=O) groups excluding carboxylic acids is 2. The first-order valence-electron chi connectivity index (χ1n) is 7.24. The third-order valence-electron chi connectivity index (χ3n) is 3.64. The standard InChI is InChI=1S/C14H24N2O4/c1-14(2,3)20-13(19)16-7-4-5-11(16)12(18)15-8-6-10(17)9-15/h10-11,17H,4-9H2,1-3H3/t10-,11+/m1/s1. The van der Waals surface area contributed by atoms with E-state index in [0.29, 0.717) is 32.5 Å². The first-order chi connectivity index (χ1) is 9.28. The van der Waals surface area contributed by atoms with Gasteiger partial charge in [-0.1, -0.05) is 0 Å². The monoisotopic (exact) mass is 284 g/mol. The molecule has 0 spiro atoms. The van der Waals surface area contributed by atoms with E-state index < -0.39 is 23.8 Å². The number of aliphatic hydroxyl groups excluding tert-OH is 1. The molecule has 0 aromatic rings. The Hall–Kier alpha value is -1.30. The van der Waals surface area contributed by atoms with E-state index in [9.17, 15) is 14.7 Å². The van der Waals surface area contributed by atoms with E-state index >= 15 is 0 Å². The van der Waals surface area contributed by atoms with Crippen LogP contribution in [0.3, 0.4) is 0 Å². The molecule has 0 unspecified atom stereocenters. The van der Waals surface area contributed by atoms with Gasteiger partial charge in [0.25, 0.3) is 0 Å². The molecule has 2 aliphatic rings. The lowest BCUT2D eigenvalue weighted by Gasteiger charge is -2.30. The molecule has 0 aromatic carbocycles. The van der Waals surface area contributed by atoms with Crippen molar-refractivity contribution < 1.29 is 19.4 Å². The molecular formula is C14H24N2O4. The summed E-state index contributed by atoms with van der Waals surface area (Å²) in [6, 6.07) is -0.435. The lowest BCUT2D eigenvalue weighted by molar-refractivity contribution is -0.135. The maximum atomic E-state index is 12.4. The van der Waals surface area contributed by atoms with Gasteiger partial charge in [0.2, 0.25) is 5.91 Å². The number of amides is 2. The molecule has 2 amide bonds. The van der Waals surface area contributed by atoms with Gasteiger partial charge in [0.15, 0.2) is 0 Å². The Morgan fingerprint density at radius 3 is 2.45 bits per heavy atom. The topological polar surface area (TPSA) is 70.1 Å². The number of aliphatic hydroxyl groups is 1. The summed E-state index contributed by atoms with van der Waals surface area (Å²) < 4.78 is 5.35. The van der Waals surface area contributed by atoms with Gasteiger partial charge in [-0.25, -0.2) is 4.79 Å². The Labute approximate surface area is 119 Å². The zero-order valence-corrected chi connectivity index (χ0v) is 12.5. The second-order valence-electron chi connectivity index (χ2n) is 6.56. The largest absolute Gasteiger partial charge is 0.444 e. The fourth-order valence-electron chi connectivity index (χ4n) is 2.72. The van der Waals surface area contributed by atoms with Crippen molar-refractivity contribution in [1.29, 1.82) is 0 Å². The Balaban J connectivity index is 2.00. The lowest BCUT2D eigenvalue weighted by atomic mass is 10.2. The molecule has 0 aromatic heterocycles. The third-order valence-corrected chi connectivity index (χ3v) is 3.64. The zero-order chi connectivity index (χ0) is 14.9. The molecule has 0 aliphatic carbocycles. The van der Waals surface area contributed by atoms with Crippen LogP contribution in [-0.2, 0) is 9.53 Å². The molecule has 0 radical (unpaired) electrons. The normalized spacial score (nSPS) is 27.0. The van der Waals surface area contributed by atoms with Gasteiger partial charge in [-0.2, -0.15) is 0 Å². The maximum absolute atomic E-state index is 12.4. The summed E-state index contributed by atoms with van der Waals surface area (Å²) in [5, 5.41) is 9.52. The van der Waals surface area contributed by atoms with Crippen LogP contribution >= 0.6 is 0 Å². The first kappa shape index (κ1) is 15.1. The van der Waals surface area contributed by atoms with Crippen molar-refractivity contribution in [3.8, 4) is 0 Å². The Bertz CT molecular complexity index is 391. The minimum Gasteiger partial charge on any atom is -0.444 e. The van der Waals surface area contributed by atoms with Crippen molar-refractivity contribution in [2.45, 2.75) is 57.8 Å². The van der Waals surface area contributed by atoms with Crippen molar-refractivity contribution in [2.75, 3.05) is 19.6 Å². The predicted octanol–water partition coefficient (Wildman–Crippen LogP) is 0.979. The second kappa shape index (κ2) is 5.60. The summed E-state index contributed by atoms with van der Waals surface area (Å²) in [6.45, 7) is 6.94.